The SMILES string of the molecule is CCC(c1ccc(N(CC(C)C)CC(C)C)c(NC(=O)Nc2ccc(C)cc2)c1)C(COC(=O)CC(C)(C)c1c(C)cc(C)cc1OP(=O)(O)O)C(=O)O. The van der Waals surface area contributed by atoms with Gasteiger partial charge in [-0.2, -0.15) is 0 Å². The van der Waals surface area contributed by atoms with E-state index >= 15 is 0 Å². The van der Waals surface area contributed by atoms with Crippen LogP contribution >= 0.6 is 7.82 Å². The lowest BCUT2D eigenvalue weighted by atomic mass is 9.78. The topological polar surface area (TPSA) is 175 Å². The number of phosphoric acid groups is 1. The van der Waals surface area contributed by atoms with E-state index in [-0.39, 0.29) is 12.2 Å². The Labute approximate surface area is 319 Å². The number of urea groups is 1. The molecule has 0 saturated carbocycles. The molecule has 0 spiro atoms. The normalized spacial score (nSPS) is 13.0. The van der Waals surface area contributed by atoms with Gasteiger partial charge in [0, 0.05) is 35.7 Å². The van der Waals surface area contributed by atoms with Crippen LogP contribution in [-0.2, 0) is 24.3 Å². The fourth-order valence-electron chi connectivity index (χ4n) is 7.03. The molecule has 0 aliphatic carbocycles. The molecular weight excluding hydrogens is 709 g/mol. The fourth-order valence-corrected chi connectivity index (χ4v) is 7.43. The minimum absolute atomic E-state index is 0.0335. The average Bonchev–Trinajstić information content (AvgIpc) is 3.01. The number of aliphatic carboxylic acids is 1. The van der Waals surface area contributed by atoms with Crippen molar-refractivity contribution in [3.63, 3.8) is 0 Å². The highest BCUT2D eigenvalue weighted by Crippen LogP contribution is 2.45. The maximum Gasteiger partial charge on any atom is 0.524 e. The third kappa shape index (κ3) is 12.9. The highest BCUT2D eigenvalue weighted by Gasteiger charge is 2.35. The second-order valence-corrected chi connectivity index (χ2v) is 16.8. The Hall–Kier alpha value is -4.38. The zero-order valence-corrected chi connectivity index (χ0v) is 34.1. The Morgan fingerprint density at radius 2 is 1.48 bits per heavy atom. The molecule has 2 amide bonds. The quantitative estimate of drug-likeness (QED) is 0.0621. The van der Waals surface area contributed by atoms with Crippen LogP contribution in [0.2, 0.25) is 0 Å². The molecule has 2 atom stereocenters. The van der Waals surface area contributed by atoms with Crippen LogP contribution in [0, 0.1) is 38.5 Å². The van der Waals surface area contributed by atoms with Gasteiger partial charge in [0.1, 0.15) is 12.4 Å². The number of anilines is 3. The third-order valence-electron chi connectivity index (χ3n) is 9.11. The van der Waals surface area contributed by atoms with Gasteiger partial charge < -0.3 is 29.9 Å². The molecule has 5 N–H and O–H groups in total. The molecular formula is C41H58N3O9P. The molecule has 54 heavy (non-hydrogen) atoms. The first-order valence-corrected chi connectivity index (χ1v) is 19.9. The first kappa shape index (κ1) is 44.0. The van der Waals surface area contributed by atoms with E-state index in [1.165, 1.54) is 6.07 Å². The molecule has 2 unspecified atom stereocenters. The van der Waals surface area contributed by atoms with Crippen molar-refractivity contribution in [2.45, 2.75) is 93.4 Å². The van der Waals surface area contributed by atoms with E-state index in [0.29, 0.717) is 46.3 Å². The number of nitrogens with zero attached hydrogens (tertiary/aromatic N) is 1. The Morgan fingerprint density at radius 3 is 2.02 bits per heavy atom. The molecule has 3 aromatic carbocycles. The molecule has 0 radical (unpaired) electrons. The van der Waals surface area contributed by atoms with Crippen LogP contribution in [0.15, 0.2) is 54.6 Å². The van der Waals surface area contributed by atoms with E-state index in [1.54, 1.807) is 27.7 Å². The van der Waals surface area contributed by atoms with E-state index in [1.807, 2.05) is 62.4 Å². The predicted molar refractivity (Wildman–Crippen MR) is 213 cm³/mol. The number of aryl methyl sites for hydroxylation is 3. The molecule has 0 bridgehead atoms. The zero-order chi connectivity index (χ0) is 40.5. The number of hydrogen-bond donors (Lipinski definition) is 5. The van der Waals surface area contributed by atoms with E-state index in [9.17, 15) is 33.8 Å². The minimum atomic E-state index is -4.90. The zero-order valence-electron chi connectivity index (χ0n) is 33.2. The van der Waals surface area contributed by atoms with Gasteiger partial charge in [0.25, 0.3) is 0 Å². The molecule has 0 aliphatic heterocycles. The highest BCUT2D eigenvalue weighted by molar-refractivity contribution is 7.46. The van der Waals surface area contributed by atoms with E-state index in [2.05, 4.69) is 43.2 Å². The number of phosphoric ester groups is 1. The number of esters is 1. The van der Waals surface area contributed by atoms with Crippen LogP contribution in [-0.4, -0.2) is 52.6 Å². The number of amides is 2. The van der Waals surface area contributed by atoms with Crippen LogP contribution in [0.3, 0.4) is 0 Å². The summed E-state index contributed by atoms with van der Waals surface area (Å²) in [5, 5.41) is 16.3. The van der Waals surface area contributed by atoms with Gasteiger partial charge >= 0.3 is 25.8 Å². The van der Waals surface area contributed by atoms with Gasteiger partial charge in [-0.1, -0.05) is 78.3 Å². The summed E-state index contributed by atoms with van der Waals surface area (Å²) in [6.45, 7) is 20.4. The highest BCUT2D eigenvalue weighted by atomic mass is 31.2. The van der Waals surface area contributed by atoms with Crippen molar-refractivity contribution in [1.82, 2.24) is 0 Å². The van der Waals surface area contributed by atoms with Crippen molar-refractivity contribution in [3.8, 4) is 5.75 Å². The fraction of sp³-hybridized carbons (Fsp3) is 0.488. The summed E-state index contributed by atoms with van der Waals surface area (Å²) in [5.74, 6) is -2.88. The number of carbonyl (C=O) groups is 3. The Kier molecular flexibility index (Phi) is 15.3. The van der Waals surface area contributed by atoms with Crippen molar-refractivity contribution in [1.29, 1.82) is 0 Å². The lowest BCUT2D eigenvalue weighted by Gasteiger charge is -2.32. The number of hydrogen-bond acceptors (Lipinski definition) is 7. The van der Waals surface area contributed by atoms with Gasteiger partial charge in [0.15, 0.2) is 0 Å². The van der Waals surface area contributed by atoms with Crippen LogP contribution in [0.5, 0.6) is 5.75 Å². The van der Waals surface area contributed by atoms with E-state index in [4.69, 9.17) is 9.26 Å². The molecule has 3 rings (SSSR count). The second kappa shape index (κ2) is 18.8. The first-order valence-electron chi connectivity index (χ1n) is 18.4. The van der Waals surface area contributed by atoms with Gasteiger partial charge in [-0.3, -0.25) is 19.4 Å². The Balaban J connectivity index is 1.93. The molecule has 3 aromatic rings. The molecule has 0 aliphatic rings. The monoisotopic (exact) mass is 767 g/mol. The van der Waals surface area contributed by atoms with Gasteiger partial charge in [-0.05, 0) is 86.1 Å². The molecule has 0 aromatic heterocycles. The number of carboxylic acids is 1. The van der Waals surface area contributed by atoms with E-state index in [0.717, 1.165) is 29.9 Å². The van der Waals surface area contributed by atoms with Crippen molar-refractivity contribution in [2.24, 2.45) is 17.8 Å². The predicted octanol–water partition coefficient (Wildman–Crippen LogP) is 8.95. The Bertz CT molecular complexity index is 1810. The molecule has 0 heterocycles. The molecule has 13 heteroatoms. The number of carbonyl (C=O) groups excluding carboxylic acids is 2. The van der Waals surface area contributed by atoms with Crippen molar-refractivity contribution >= 4 is 42.9 Å². The van der Waals surface area contributed by atoms with Gasteiger partial charge in [-0.25, -0.2) is 9.36 Å². The van der Waals surface area contributed by atoms with Gasteiger partial charge in [0.2, 0.25) is 0 Å². The summed E-state index contributed by atoms with van der Waals surface area (Å²) in [6.07, 6.45) is 0.194. The molecule has 296 valence electrons. The largest absolute Gasteiger partial charge is 0.524 e. The van der Waals surface area contributed by atoms with Crippen molar-refractivity contribution in [3.05, 3.63) is 82.4 Å². The van der Waals surface area contributed by atoms with Crippen molar-refractivity contribution < 1.29 is 43.1 Å². The summed E-state index contributed by atoms with van der Waals surface area (Å²) in [5.41, 5.74) is 4.53. The van der Waals surface area contributed by atoms with Crippen molar-refractivity contribution in [2.75, 3.05) is 35.2 Å². The second-order valence-electron chi connectivity index (χ2n) is 15.7. The molecule has 0 saturated heterocycles. The number of benzene rings is 3. The van der Waals surface area contributed by atoms with Crippen LogP contribution in [0.25, 0.3) is 0 Å². The van der Waals surface area contributed by atoms with Crippen LogP contribution < -0.4 is 20.1 Å². The van der Waals surface area contributed by atoms with Gasteiger partial charge in [0.05, 0.1) is 23.7 Å². The third-order valence-corrected chi connectivity index (χ3v) is 9.54. The lowest BCUT2D eigenvalue weighted by Crippen LogP contribution is -2.33. The maximum absolute atomic E-state index is 13.4. The lowest BCUT2D eigenvalue weighted by molar-refractivity contribution is -0.152. The summed E-state index contributed by atoms with van der Waals surface area (Å²) >= 11 is 0. The summed E-state index contributed by atoms with van der Waals surface area (Å²) in [6, 6.07) is 15.9. The van der Waals surface area contributed by atoms with Crippen LogP contribution in [0.1, 0.15) is 95.0 Å². The standard InChI is InChI=1S/C41H58N3O9P/c1-11-32(33(39(46)47)24-52-37(45)21-41(9,10)38-29(8)18-28(7)19-36(38)53-54(49,50)51)30-14-17-35(44(22-25(2)3)23-26(4)5)34(20-30)43-40(48)42-31-15-12-27(6)13-16-31/h12-20,25-26,32-33H,11,21-24H2,1-10H3,(H,46,47)(H2,42,43,48)(H2,49,50,51). The summed E-state index contributed by atoms with van der Waals surface area (Å²) in [4.78, 5) is 60.8. The van der Waals surface area contributed by atoms with Crippen LogP contribution in [0.4, 0.5) is 21.9 Å². The average molecular weight is 768 g/mol. The maximum atomic E-state index is 13.4. The van der Waals surface area contributed by atoms with E-state index < -0.39 is 49.7 Å². The number of ether oxygens (including phenoxy) is 1. The summed E-state index contributed by atoms with van der Waals surface area (Å²) in [7, 11) is -4.90. The Morgan fingerprint density at radius 1 is 0.870 bits per heavy atom. The smallest absolute Gasteiger partial charge is 0.481 e. The summed E-state index contributed by atoms with van der Waals surface area (Å²) < 4.78 is 22.4. The number of nitrogens with one attached hydrogen (secondary N) is 2. The van der Waals surface area contributed by atoms with Gasteiger partial charge in [-0.15, -0.1) is 0 Å². The molecule has 0 fully saturated rings. The molecule has 12 nitrogen and oxygen atoms in total. The minimum Gasteiger partial charge on any atom is -0.481 e. The first-order chi connectivity index (χ1) is 25.1. The number of carboxylic acid groups (broad SMARTS) is 1. The number of rotatable bonds is 18.